The van der Waals surface area contributed by atoms with Crippen molar-refractivity contribution in [1.82, 2.24) is 0 Å². The van der Waals surface area contributed by atoms with Crippen molar-refractivity contribution < 1.29 is 42.1 Å². The first kappa shape index (κ1) is 46.6. The van der Waals surface area contributed by atoms with Crippen LogP contribution in [0.3, 0.4) is 0 Å². The van der Waals surface area contributed by atoms with Crippen molar-refractivity contribution in [2.24, 2.45) is 0 Å². The van der Waals surface area contributed by atoms with Crippen LogP contribution < -0.4 is 4.89 Å². The summed E-state index contributed by atoms with van der Waals surface area (Å²) < 4.78 is 33.7. The van der Waals surface area contributed by atoms with Crippen LogP contribution in [0.25, 0.3) is 0 Å². The van der Waals surface area contributed by atoms with Gasteiger partial charge in [-0.15, -0.1) is 6.42 Å². The molecule has 0 amide bonds. The number of ether oxygens (including phenoxy) is 2. The molecule has 0 radical (unpaired) electrons. The molecule has 282 valence electrons. The molecule has 0 fully saturated rings. The Labute approximate surface area is 294 Å². The molecule has 0 N–H and O–H groups in total. The third-order valence-corrected chi connectivity index (χ3v) is 9.55. The van der Waals surface area contributed by atoms with Gasteiger partial charge in [0.2, 0.25) is 0 Å². The molecule has 0 spiro atoms. The zero-order chi connectivity index (χ0) is 35.8. The maximum atomic E-state index is 12.6. The second-order valence-corrected chi connectivity index (χ2v) is 15.4. The summed E-state index contributed by atoms with van der Waals surface area (Å²) in [6.07, 6.45) is 30.7. The predicted molar refractivity (Wildman–Crippen MR) is 193 cm³/mol. The van der Waals surface area contributed by atoms with Crippen LogP contribution in [0.5, 0.6) is 0 Å². The van der Waals surface area contributed by atoms with Crippen LogP contribution in [0.15, 0.2) is 0 Å². The number of terminal acetylenes is 1. The van der Waals surface area contributed by atoms with Gasteiger partial charge in [0, 0.05) is 12.8 Å². The van der Waals surface area contributed by atoms with Crippen molar-refractivity contribution in [2.45, 2.75) is 174 Å². The van der Waals surface area contributed by atoms with Gasteiger partial charge in [0.05, 0.1) is 20.7 Å². The topological polar surface area (TPSA) is 111 Å². The highest BCUT2D eigenvalue weighted by Gasteiger charge is 2.22. The molecule has 0 heterocycles. The predicted octanol–water partition coefficient (Wildman–Crippen LogP) is 9.05. The van der Waals surface area contributed by atoms with E-state index in [2.05, 4.69) is 19.8 Å². The summed E-state index contributed by atoms with van der Waals surface area (Å²) >= 11 is 0. The SMILES string of the molecule is C#CC[N+](C)(C)CCOP(=O)([O-])OC[C@@H](COC(=O)CCCCCCCCCCCCC)OC(=O)CCCCCCCCCCCCC. The molecule has 0 aromatic heterocycles. The Morgan fingerprint density at radius 3 is 1.52 bits per heavy atom. The number of likely N-dealkylation sites (N-methyl/N-ethyl adjacent to an activating group) is 1. The van der Waals surface area contributed by atoms with Crippen molar-refractivity contribution in [1.29, 1.82) is 0 Å². The molecule has 0 aromatic rings. The van der Waals surface area contributed by atoms with E-state index in [1.165, 1.54) is 96.3 Å². The van der Waals surface area contributed by atoms with Crippen molar-refractivity contribution >= 4 is 19.8 Å². The van der Waals surface area contributed by atoms with Gasteiger partial charge in [-0.1, -0.05) is 142 Å². The Morgan fingerprint density at radius 1 is 0.667 bits per heavy atom. The minimum atomic E-state index is -4.67. The van der Waals surface area contributed by atoms with E-state index in [9.17, 15) is 19.0 Å². The van der Waals surface area contributed by atoms with Gasteiger partial charge in [-0.05, 0) is 18.8 Å². The molecular weight excluding hydrogens is 629 g/mol. The minimum Gasteiger partial charge on any atom is -0.756 e. The van der Waals surface area contributed by atoms with E-state index in [1.54, 1.807) is 0 Å². The highest BCUT2D eigenvalue weighted by molar-refractivity contribution is 7.45. The maximum absolute atomic E-state index is 12.6. The summed E-state index contributed by atoms with van der Waals surface area (Å²) in [5, 5.41) is 0. The van der Waals surface area contributed by atoms with Gasteiger partial charge < -0.3 is 27.9 Å². The summed E-state index contributed by atoms with van der Waals surface area (Å²) in [5.41, 5.74) is 0. The summed E-state index contributed by atoms with van der Waals surface area (Å²) in [5.74, 6) is 1.70. The fourth-order valence-corrected chi connectivity index (χ4v) is 6.15. The Hall–Kier alpha value is -1.43. The number of phosphoric acid groups is 1. The smallest absolute Gasteiger partial charge is 0.306 e. The average molecular weight is 702 g/mol. The molecule has 0 saturated carbocycles. The van der Waals surface area contributed by atoms with E-state index in [0.29, 0.717) is 24.0 Å². The molecular formula is C38H72NO8P. The number of rotatable bonds is 35. The molecule has 0 aromatic carbocycles. The fourth-order valence-electron chi connectivity index (χ4n) is 5.42. The minimum absolute atomic E-state index is 0.104. The van der Waals surface area contributed by atoms with Crippen LogP contribution in [-0.4, -0.2) is 69.5 Å². The van der Waals surface area contributed by atoms with Gasteiger partial charge in [-0.2, -0.15) is 0 Å². The van der Waals surface area contributed by atoms with Gasteiger partial charge in [0.25, 0.3) is 7.82 Å². The Morgan fingerprint density at radius 2 is 1.08 bits per heavy atom. The number of quaternary nitrogens is 1. The lowest BCUT2D eigenvalue weighted by molar-refractivity contribution is -0.883. The Balaban J connectivity index is 4.54. The molecule has 2 atom stereocenters. The van der Waals surface area contributed by atoms with E-state index in [4.69, 9.17) is 24.9 Å². The van der Waals surface area contributed by atoms with Crippen molar-refractivity contribution in [3.63, 3.8) is 0 Å². The first-order chi connectivity index (χ1) is 23.0. The number of carbonyl (C=O) groups excluding carboxylic acids is 2. The molecule has 10 heteroatoms. The second-order valence-electron chi connectivity index (χ2n) is 14.0. The zero-order valence-electron chi connectivity index (χ0n) is 31.3. The number of carbonyl (C=O) groups is 2. The quantitative estimate of drug-likeness (QED) is 0.0212. The maximum Gasteiger partial charge on any atom is 0.306 e. The molecule has 0 bridgehead atoms. The number of unbranched alkanes of at least 4 members (excludes halogenated alkanes) is 20. The van der Waals surface area contributed by atoms with E-state index in [0.717, 1.165) is 38.5 Å². The summed E-state index contributed by atoms with van der Waals surface area (Å²) in [4.78, 5) is 37.4. The average Bonchev–Trinajstić information content (AvgIpc) is 3.03. The van der Waals surface area contributed by atoms with Crippen molar-refractivity contribution in [2.75, 3.05) is 47.0 Å². The van der Waals surface area contributed by atoms with Crippen molar-refractivity contribution in [3.8, 4) is 12.3 Å². The fraction of sp³-hybridized carbons (Fsp3) is 0.895. The molecule has 0 aliphatic heterocycles. The molecule has 1 unspecified atom stereocenters. The normalized spacial score (nSPS) is 13.5. The first-order valence-electron chi connectivity index (χ1n) is 19.3. The third-order valence-electron chi connectivity index (χ3n) is 8.58. The van der Waals surface area contributed by atoms with E-state index in [-0.39, 0.29) is 26.1 Å². The number of phosphoric ester groups is 1. The number of nitrogens with zero attached hydrogens (tertiary/aromatic N) is 1. The van der Waals surface area contributed by atoms with Crippen LogP contribution >= 0.6 is 7.82 Å². The van der Waals surface area contributed by atoms with Gasteiger partial charge in [-0.3, -0.25) is 14.2 Å². The molecule has 48 heavy (non-hydrogen) atoms. The lowest BCUT2D eigenvalue weighted by Crippen LogP contribution is -2.42. The summed E-state index contributed by atoms with van der Waals surface area (Å²) in [6.45, 7) is 4.39. The molecule has 0 rings (SSSR count). The van der Waals surface area contributed by atoms with Crippen LogP contribution in [0, 0.1) is 12.3 Å². The lowest BCUT2D eigenvalue weighted by atomic mass is 10.1. The largest absolute Gasteiger partial charge is 0.756 e. The number of hydrogen-bond donors (Lipinski definition) is 0. The van der Waals surface area contributed by atoms with Gasteiger partial charge >= 0.3 is 11.9 Å². The Bertz CT molecular complexity index is 875. The molecule has 0 saturated heterocycles. The summed E-state index contributed by atoms with van der Waals surface area (Å²) in [7, 11) is -0.933. The van der Waals surface area contributed by atoms with Crippen LogP contribution in [-0.2, 0) is 32.7 Å². The molecule has 0 aliphatic rings. The highest BCUT2D eigenvalue weighted by Crippen LogP contribution is 2.38. The van der Waals surface area contributed by atoms with Gasteiger partial charge in [-0.25, -0.2) is 0 Å². The highest BCUT2D eigenvalue weighted by atomic mass is 31.2. The van der Waals surface area contributed by atoms with Crippen LogP contribution in [0.4, 0.5) is 0 Å². The van der Waals surface area contributed by atoms with Crippen LogP contribution in [0.1, 0.15) is 168 Å². The van der Waals surface area contributed by atoms with Gasteiger partial charge in [0.15, 0.2) is 6.10 Å². The second kappa shape index (κ2) is 31.5. The lowest BCUT2D eigenvalue weighted by Gasteiger charge is -2.30. The van der Waals surface area contributed by atoms with Crippen LogP contribution in [0.2, 0.25) is 0 Å². The first-order valence-corrected chi connectivity index (χ1v) is 20.7. The monoisotopic (exact) mass is 701 g/mol. The third kappa shape index (κ3) is 31.8. The Kier molecular flexibility index (Phi) is 30.6. The van der Waals surface area contributed by atoms with Crippen molar-refractivity contribution in [3.05, 3.63) is 0 Å². The summed E-state index contributed by atoms with van der Waals surface area (Å²) in [6, 6.07) is 0. The van der Waals surface area contributed by atoms with Gasteiger partial charge in [0.1, 0.15) is 26.3 Å². The standard InChI is InChI=1S/C38H72NO8P/c1-6-9-11-13-15-17-19-21-23-25-27-29-37(40)44-34-36(35-46-48(42,43)45-33-32-39(4,5)31-8-3)47-38(41)30-28-26-24-22-20-18-16-14-12-10-7-2/h3,36H,6-7,9-35H2,1-2,4-5H3/t36-/m1/s1. The van der Waals surface area contributed by atoms with E-state index in [1.807, 2.05) is 14.1 Å². The number of esters is 2. The number of hydrogen-bond acceptors (Lipinski definition) is 8. The molecule has 0 aliphatic carbocycles. The molecule has 9 nitrogen and oxygen atoms in total. The van der Waals surface area contributed by atoms with E-state index >= 15 is 0 Å². The zero-order valence-corrected chi connectivity index (χ0v) is 32.2. The van der Waals surface area contributed by atoms with E-state index < -0.39 is 32.5 Å².